The Morgan fingerprint density at radius 2 is 1.80 bits per heavy atom. The molecule has 0 radical (unpaired) electrons. The van der Waals surface area contributed by atoms with Crippen molar-refractivity contribution in [2.24, 2.45) is 5.41 Å². The average Bonchev–Trinajstić information content (AvgIpc) is 2.43. The fourth-order valence-corrected chi connectivity index (χ4v) is 1.64. The lowest BCUT2D eigenvalue weighted by molar-refractivity contribution is -0.120. The number of aliphatic hydroxyl groups is 1. The number of benzene rings is 1. The fourth-order valence-electron chi connectivity index (χ4n) is 1.64. The SMILES string of the molecule is CC(C)(CCO)CNC(=O)CNC(=O)c1ccccc1. The van der Waals surface area contributed by atoms with Crippen LogP contribution in [0.15, 0.2) is 30.3 Å². The first-order valence-electron chi connectivity index (χ1n) is 6.65. The highest BCUT2D eigenvalue weighted by Gasteiger charge is 2.18. The maximum absolute atomic E-state index is 11.7. The second kappa shape index (κ2) is 7.65. The second-order valence-corrected chi connectivity index (χ2v) is 5.46. The molecule has 0 aliphatic rings. The molecule has 1 rings (SSSR count). The lowest BCUT2D eigenvalue weighted by Crippen LogP contribution is -2.41. The predicted octanol–water partition coefficient (Wildman–Crippen LogP) is 0.941. The third-order valence-corrected chi connectivity index (χ3v) is 3.00. The Labute approximate surface area is 119 Å². The van der Waals surface area contributed by atoms with E-state index in [0.29, 0.717) is 18.5 Å². The van der Waals surface area contributed by atoms with E-state index in [4.69, 9.17) is 5.11 Å². The van der Waals surface area contributed by atoms with Crippen LogP contribution in [0.2, 0.25) is 0 Å². The van der Waals surface area contributed by atoms with Crippen molar-refractivity contribution in [2.45, 2.75) is 20.3 Å². The average molecular weight is 278 g/mol. The van der Waals surface area contributed by atoms with E-state index in [9.17, 15) is 9.59 Å². The second-order valence-electron chi connectivity index (χ2n) is 5.46. The Morgan fingerprint density at radius 3 is 2.40 bits per heavy atom. The topological polar surface area (TPSA) is 78.4 Å². The lowest BCUT2D eigenvalue weighted by atomic mass is 9.90. The van der Waals surface area contributed by atoms with Crippen molar-refractivity contribution >= 4 is 11.8 Å². The van der Waals surface area contributed by atoms with Crippen molar-refractivity contribution in [3.8, 4) is 0 Å². The van der Waals surface area contributed by atoms with E-state index in [0.717, 1.165) is 0 Å². The minimum Gasteiger partial charge on any atom is -0.396 e. The van der Waals surface area contributed by atoms with E-state index < -0.39 is 0 Å². The van der Waals surface area contributed by atoms with Gasteiger partial charge in [-0.05, 0) is 24.0 Å². The van der Waals surface area contributed by atoms with Crippen LogP contribution in [0.5, 0.6) is 0 Å². The molecule has 0 unspecified atom stereocenters. The zero-order valence-electron chi connectivity index (χ0n) is 12.0. The third-order valence-electron chi connectivity index (χ3n) is 3.00. The van der Waals surface area contributed by atoms with Crippen LogP contribution in [0.3, 0.4) is 0 Å². The first-order valence-corrected chi connectivity index (χ1v) is 6.65. The molecular formula is C15H22N2O3. The minimum atomic E-state index is -0.268. The molecule has 2 amide bonds. The number of amides is 2. The zero-order chi connectivity index (χ0) is 15.0. The Balaban J connectivity index is 2.32. The van der Waals surface area contributed by atoms with Crippen LogP contribution in [0.25, 0.3) is 0 Å². The quantitative estimate of drug-likeness (QED) is 0.694. The van der Waals surface area contributed by atoms with Crippen LogP contribution in [0.4, 0.5) is 0 Å². The minimum absolute atomic E-state index is 0.0526. The Morgan fingerprint density at radius 1 is 1.15 bits per heavy atom. The number of carbonyl (C=O) groups excluding carboxylic acids is 2. The summed E-state index contributed by atoms with van der Waals surface area (Å²) in [6, 6.07) is 8.75. The fraction of sp³-hybridized carbons (Fsp3) is 0.467. The molecule has 0 aliphatic carbocycles. The van der Waals surface area contributed by atoms with Gasteiger partial charge >= 0.3 is 0 Å². The maximum Gasteiger partial charge on any atom is 0.251 e. The van der Waals surface area contributed by atoms with Crippen molar-refractivity contribution in [3.05, 3.63) is 35.9 Å². The molecule has 0 heterocycles. The van der Waals surface area contributed by atoms with Crippen molar-refractivity contribution in [1.29, 1.82) is 0 Å². The Bertz CT molecular complexity index is 444. The van der Waals surface area contributed by atoms with Gasteiger partial charge in [0.1, 0.15) is 0 Å². The summed E-state index contributed by atoms with van der Waals surface area (Å²) in [5, 5.41) is 14.2. The lowest BCUT2D eigenvalue weighted by Gasteiger charge is -2.23. The van der Waals surface area contributed by atoms with E-state index in [1.165, 1.54) is 0 Å². The van der Waals surface area contributed by atoms with Crippen LogP contribution < -0.4 is 10.6 Å². The van der Waals surface area contributed by atoms with Crippen LogP contribution in [0, 0.1) is 5.41 Å². The van der Waals surface area contributed by atoms with Gasteiger partial charge in [-0.3, -0.25) is 9.59 Å². The summed E-state index contributed by atoms with van der Waals surface area (Å²) in [6.07, 6.45) is 0.615. The van der Waals surface area contributed by atoms with E-state index in [2.05, 4.69) is 10.6 Å². The summed E-state index contributed by atoms with van der Waals surface area (Å²) in [6.45, 7) is 4.43. The monoisotopic (exact) mass is 278 g/mol. The van der Waals surface area contributed by atoms with Gasteiger partial charge in [0, 0.05) is 18.7 Å². The summed E-state index contributed by atoms with van der Waals surface area (Å²) in [4.78, 5) is 23.4. The van der Waals surface area contributed by atoms with E-state index in [1.807, 2.05) is 19.9 Å². The van der Waals surface area contributed by atoms with Crippen LogP contribution in [0.1, 0.15) is 30.6 Å². The molecule has 0 bridgehead atoms. The normalized spacial score (nSPS) is 10.9. The predicted molar refractivity (Wildman–Crippen MR) is 77.3 cm³/mol. The standard InChI is InChI=1S/C15H22N2O3/c1-15(2,8-9-18)11-17-13(19)10-16-14(20)12-6-4-3-5-7-12/h3-7,18H,8-11H2,1-2H3,(H,16,20)(H,17,19). The van der Waals surface area contributed by atoms with Crippen molar-refractivity contribution in [1.82, 2.24) is 10.6 Å². The number of rotatable bonds is 7. The molecule has 0 aliphatic heterocycles. The summed E-state index contributed by atoms with van der Waals surface area (Å²) in [5.74, 6) is -0.504. The van der Waals surface area contributed by atoms with Crippen molar-refractivity contribution in [2.75, 3.05) is 19.7 Å². The zero-order valence-corrected chi connectivity index (χ0v) is 12.0. The molecule has 0 spiro atoms. The molecule has 1 aromatic carbocycles. The molecule has 1 aromatic rings. The molecule has 0 aromatic heterocycles. The highest BCUT2D eigenvalue weighted by atomic mass is 16.3. The van der Waals surface area contributed by atoms with Crippen molar-refractivity contribution in [3.63, 3.8) is 0 Å². The van der Waals surface area contributed by atoms with Gasteiger partial charge in [0.25, 0.3) is 5.91 Å². The van der Waals surface area contributed by atoms with E-state index >= 15 is 0 Å². The van der Waals surface area contributed by atoms with Gasteiger partial charge in [0.15, 0.2) is 0 Å². The van der Waals surface area contributed by atoms with Crippen LogP contribution in [-0.4, -0.2) is 36.6 Å². The number of nitrogens with one attached hydrogen (secondary N) is 2. The van der Waals surface area contributed by atoms with Gasteiger partial charge < -0.3 is 15.7 Å². The van der Waals surface area contributed by atoms with Gasteiger partial charge in [-0.2, -0.15) is 0 Å². The first-order chi connectivity index (χ1) is 9.44. The molecule has 0 saturated heterocycles. The first kappa shape index (κ1) is 16.2. The van der Waals surface area contributed by atoms with Gasteiger partial charge in [0.2, 0.25) is 5.91 Å². The van der Waals surface area contributed by atoms with Gasteiger partial charge in [-0.25, -0.2) is 0 Å². The number of hydrogen-bond donors (Lipinski definition) is 3. The summed E-state index contributed by atoms with van der Waals surface area (Å²) in [7, 11) is 0. The molecular weight excluding hydrogens is 256 g/mol. The number of hydrogen-bond acceptors (Lipinski definition) is 3. The Kier molecular flexibility index (Phi) is 6.18. The third kappa shape index (κ3) is 5.84. The smallest absolute Gasteiger partial charge is 0.251 e. The molecule has 110 valence electrons. The van der Waals surface area contributed by atoms with E-state index in [-0.39, 0.29) is 30.4 Å². The highest BCUT2D eigenvalue weighted by Crippen LogP contribution is 2.17. The van der Waals surface area contributed by atoms with Crippen LogP contribution >= 0.6 is 0 Å². The largest absolute Gasteiger partial charge is 0.396 e. The highest BCUT2D eigenvalue weighted by molar-refractivity contribution is 5.96. The van der Waals surface area contributed by atoms with Gasteiger partial charge in [-0.1, -0.05) is 32.0 Å². The summed E-state index contributed by atoms with van der Waals surface area (Å²) >= 11 is 0. The molecule has 5 nitrogen and oxygen atoms in total. The molecule has 0 saturated carbocycles. The van der Waals surface area contributed by atoms with E-state index in [1.54, 1.807) is 24.3 Å². The molecule has 20 heavy (non-hydrogen) atoms. The maximum atomic E-state index is 11.7. The molecule has 5 heteroatoms. The number of aliphatic hydroxyl groups excluding tert-OH is 1. The number of carbonyl (C=O) groups is 2. The molecule has 0 atom stereocenters. The summed E-state index contributed by atoms with van der Waals surface area (Å²) < 4.78 is 0. The van der Waals surface area contributed by atoms with Gasteiger partial charge in [0.05, 0.1) is 6.54 Å². The Hall–Kier alpha value is -1.88. The molecule has 3 N–H and O–H groups in total. The molecule has 0 fully saturated rings. The van der Waals surface area contributed by atoms with Crippen LogP contribution in [-0.2, 0) is 4.79 Å². The summed E-state index contributed by atoms with van der Waals surface area (Å²) in [5.41, 5.74) is 0.370. The van der Waals surface area contributed by atoms with Crippen molar-refractivity contribution < 1.29 is 14.7 Å². The van der Waals surface area contributed by atoms with Gasteiger partial charge in [-0.15, -0.1) is 0 Å².